The van der Waals surface area contributed by atoms with Crippen LogP contribution in [-0.4, -0.2) is 50.3 Å². The maximum Gasteiger partial charge on any atom is 0.317 e. The zero-order chi connectivity index (χ0) is 14.4. The highest BCUT2D eigenvalue weighted by molar-refractivity contribution is 6.21. The molecular formula is C13H18ClNO4. The SMILES string of the molecule is COc1ccc(C(Cl)CN(C)CC(=O)O)c(OC)c1. The van der Waals surface area contributed by atoms with Gasteiger partial charge in [0.05, 0.1) is 26.1 Å². The summed E-state index contributed by atoms with van der Waals surface area (Å²) in [4.78, 5) is 12.3. The number of hydrogen-bond donors (Lipinski definition) is 1. The minimum absolute atomic E-state index is 0.0539. The predicted molar refractivity (Wildman–Crippen MR) is 73.3 cm³/mol. The molecule has 0 radical (unpaired) electrons. The molecule has 0 amide bonds. The Morgan fingerprint density at radius 1 is 1.42 bits per heavy atom. The lowest BCUT2D eigenvalue weighted by atomic mass is 10.1. The van der Waals surface area contributed by atoms with Crippen molar-refractivity contribution in [3.63, 3.8) is 0 Å². The van der Waals surface area contributed by atoms with Gasteiger partial charge in [0.2, 0.25) is 0 Å². The van der Waals surface area contributed by atoms with Crippen LogP contribution in [0.3, 0.4) is 0 Å². The molecule has 1 atom stereocenters. The Labute approximate surface area is 117 Å². The van der Waals surface area contributed by atoms with E-state index in [-0.39, 0.29) is 11.9 Å². The minimum Gasteiger partial charge on any atom is -0.497 e. The molecule has 0 fully saturated rings. The molecule has 0 aliphatic rings. The molecule has 6 heteroatoms. The van der Waals surface area contributed by atoms with Gasteiger partial charge in [-0.3, -0.25) is 9.69 Å². The number of halogens is 1. The molecule has 1 unspecified atom stereocenters. The second-order valence-corrected chi connectivity index (χ2v) is 4.69. The van der Waals surface area contributed by atoms with Crippen molar-refractivity contribution in [2.24, 2.45) is 0 Å². The fourth-order valence-electron chi connectivity index (χ4n) is 1.74. The first-order valence-corrected chi connectivity index (χ1v) is 6.18. The zero-order valence-corrected chi connectivity index (χ0v) is 12.0. The smallest absolute Gasteiger partial charge is 0.317 e. The molecule has 0 saturated carbocycles. The Bertz CT molecular complexity index is 439. The number of likely N-dealkylation sites (N-methyl/N-ethyl adjacent to an activating group) is 1. The molecule has 0 aliphatic heterocycles. The first-order valence-electron chi connectivity index (χ1n) is 5.74. The van der Waals surface area contributed by atoms with Crippen LogP contribution in [0.4, 0.5) is 0 Å². The van der Waals surface area contributed by atoms with Crippen molar-refractivity contribution < 1.29 is 19.4 Å². The van der Waals surface area contributed by atoms with Gasteiger partial charge in [-0.2, -0.15) is 0 Å². The molecule has 1 aromatic rings. The molecule has 5 nitrogen and oxygen atoms in total. The fraction of sp³-hybridized carbons (Fsp3) is 0.462. The maximum absolute atomic E-state index is 10.6. The largest absolute Gasteiger partial charge is 0.497 e. The quantitative estimate of drug-likeness (QED) is 0.777. The molecule has 19 heavy (non-hydrogen) atoms. The Morgan fingerprint density at radius 2 is 2.11 bits per heavy atom. The first-order chi connectivity index (χ1) is 8.97. The molecule has 1 aromatic carbocycles. The third kappa shape index (κ3) is 4.61. The van der Waals surface area contributed by atoms with Crippen LogP contribution in [-0.2, 0) is 4.79 Å². The van der Waals surface area contributed by atoms with Crippen LogP contribution < -0.4 is 9.47 Å². The summed E-state index contributed by atoms with van der Waals surface area (Å²) in [5.74, 6) is 0.430. The lowest BCUT2D eigenvalue weighted by Gasteiger charge is -2.20. The van der Waals surface area contributed by atoms with E-state index in [9.17, 15) is 4.79 Å². The van der Waals surface area contributed by atoms with Crippen LogP contribution >= 0.6 is 11.6 Å². The van der Waals surface area contributed by atoms with Gasteiger partial charge in [-0.25, -0.2) is 0 Å². The summed E-state index contributed by atoms with van der Waals surface area (Å²) in [6.07, 6.45) is 0. The van der Waals surface area contributed by atoms with Crippen molar-refractivity contribution in [3.05, 3.63) is 23.8 Å². The van der Waals surface area contributed by atoms with E-state index >= 15 is 0 Å². The molecule has 106 valence electrons. The van der Waals surface area contributed by atoms with Gasteiger partial charge in [-0.05, 0) is 13.1 Å². The molecule has 1 N–H and O–H groups in total. The Hall–Kier alpha value is -1.46. The number of ether oxygens (including phenoxy) is 2. The number of nitrogens with zero attached hydrogens (tertiary/aromatic N) is 1. The average Bonchev–Trinajstić information content (AvgIpc) is 2.36. The van der Waals surface area contributed by atoms with Gasteiger partial charge in [0, 0.05) is 18.2 Å². The van der Waals surface area contributed by atoms with E-state index in [0.29, 0.717) is 18.0 Å². The number of aliphatic carboxylic acids is 1. The summed E-state index contributed by atoms with van der Waals surface area (Å²) in [6, 6.07) is 5.37. The number of benzene rings is 1. The van der Waals surface area contributed by atoms with Gasteiger partial charge in [0.15, 0.2) is 0 Å². The minimum atomic E-state index is -0.881. The molecular weight excluding hydrogens is 270 g/mol. The Morgan fingerprint density at radius 3 is 2.63 bits per heavy atom. The van der Waals surface area contributed by atoms with Crippen molar-refractivity contribution in [1.82, 2.24) is 4.90 Å². The first kappa shape index (κ1) is 15.6. The second kappa shape index (κ2) is 7.21. The molecule has 0 bridgehead atoms. The van der Waals surface area contributed by atoms with Crippen molar-refractivity contribution >= 4 is 17.6 Å². The van der Waals surface area contributed by atoms with Gasteiger partial charge in [0.1, 0.15) is 11.5 Å². The number of carboxylic acids is 1. The Balaban J connectivity index is 2.81. The molecule has 0 heterocycles. The highest BCUT2D eigenvalue weighted by Gasteiger charge is 2.17. The van der Waals surface area contributed by atoms with E-state index in [0.717, 1.165) is 5.56 Å². The van der Waals surface area contributed by atoms with E-state index in [1.165, 1.54) is 0 Å². The maximum atomic E-state index is 10.6. The topological polar surface area (TPSA) is 59.0 Å². The normalized spacial score (nSPS) is 12.3. The number of alkyl halides is 1. The van der Waals surface area contributed by atoms with Gasteiger partial charge < -0.3 is 14.6 Å². The predicted octanol–water partition coefficient (Wildman–Crippen LogP) is 2.00. The van der Waals surface area contributed by atoms with Gasteiger partial charge >= 0.3 is 5.97 Å². The molecule has 0 saturated heterocycles. The number of hydrogen-bond acceptors (Lipinski definition) is 4. The fourth-order valence-corrected chi connectivity index (χ4v) is 2.16. The third-order valence-electron chi connectivity index (χ3n) is 2.66. The van der Waals surface area contributed by atoms with E-state index < -0.39 is 5.97 Å². The Kier molecular flexibility index (Phi) is 5.92. The summed E-state index contributed by atoms with van der Waals surface area (Å²) >= 11 is 6.31. The molecule has 1 rings (SSSR count). The van der Waals surface area contributed by atoms with Crippen LogP contribution in [0.25, 0.3) is 0 Å². The van der Waals surface area contributed by atoms with Gasteiger partial charge in [0.25, 0.3) is 0 Å². The monoisotopic (exact) mass is 287 g/mol. The lowest BCUT2D eigenvalue weighted by molar-refractivity contribution is -0.137. The summed E-state index contributed by atoms with van der Waals surface area (Å²) in [5.41, 5.74) is 0.808. The third-order valence-corrected chi connectivity index (χ3v) is 3.03. The molecule has 0 aromatic heterocycles. The summed E-state index contributed by atoms with van der Waals surface area (Å²) in [5, 5.41) is 8.35. The van der Waals surface area contributed by atoms with Crippen LogP contribution in [0.2, 0.25) is 0 Å². The van der Waals surface area contributed by atoms with Crippen LogP contribution in [0, 0.1) is 0 Å². The number of rotatable bonds is 7. The number of methoxy groups -OCH3 is 2. The van der Waals surface area contributed by atoms with E-state index in [4.69, 9.17) is 26.2 Å². The van der Waals surface area contributed by atoms with Gasteiger partial charge in [-0.1, -0.05) is 6.07 Å². The van der Waals surface area contributed by atoms with Crippen LogP contribution in [0.5, 0.6) is 11.5 Å². The summed E-state index contributed by atoms with van der Waals surface area (Å²) in [6.45, 7) is 0.359. The van der Waals surface area contributed by atoms with Crippen molar-refractivity contribution in [2.45, 2.75) is 5.38 Å². The van der Waals surface area contributed by atoms with Crippen LogP contribution in [0.1, 0.15) is 10.9 Å². The van der Waals surface area contributed by atoms with Crippen molar-refractivity contribution in [3.8, 4) is 11.5 Å². The van der Waals surface area contributed by atoms with E-state index in [1.54, 1.807) is 38.3 Å². The molecule has 0 spiro atoms. The van der Waals surface area contributed by atoms with Crippen molar-refractivity contribution in [2.75, 3.05) is 34.4 Å². The second-order valence-electron chi connectivity index (χ2n) is 4.17. The zero-order valence-electron chi connectivity index (χ0n) is 11.2. The number of carbonyl (C=O) groups is 1. The highest BCUT2D eigenvalue weighted by Crippen LogP contribution is 2.33. The van der Waals surface area contributed by atoms with Crippen LogP contribution in [0.15, 0.2) is 18.2 Å². The molecule has 0 aliphatic carbocycles. The van der Waals surface area contributed by atoms with Crippen molar-refractivity contribution in [1.29, 1.82) is 0 Å². The van der Waals surface area contributed by atoms with Gasteiger partial charge in [-0.15, -0.1) is 11.6 Å². The summed E-state index contributed by atoms with van der Waals surface area (Å²) < 4.78 is 10.4. The number of carboxylic acid groups (broad SMARTS) is 1. The average molecular weight is 288 g/mol. The van der Waals surface area contributed by atoms with E-state index in [2.05, 4.69) is 0 Å². The van der Waals surface area contributed by atoms with E-state index in [1.807, 2.05) is 6.07 Å². The lowest BCUT2D eigenvalue weighted by Crippen LogP contribution is -2.28. The summed E-state index contributed by atoms with van der Waals surface area (Å²) in [7, 11) is 4.84. The highest BCUT2D eigenvalue weighted by atomic mass is 35.5. The standard InChI is InChI=1S/C13H18ClNO4/c1-15(8-13(16)17)7-11(14)10-5-4-9(18-2)6-12(10)19-3/h4-6,11H,7-8H2,1-3H3,(H,16,17).